The van der Waals surface area contributed by atoms with Crippen molar-refractivity contribution in [2.45, 2.75) is 32.1 Å². The summed E-state index contributed by atoms with van der Waals surface area (Å²) in [5.74, 6) is -0.954. The maximum atomic E-state index is 12.9. The third-order valence-corrected chi connectivity index (χ3v) is 6.57. The summed E-state index contributed by atoms with van der Waals surface area (Å²) in [6.07, 6.45) is 3.52. The van der Waals surface area contributed by atoms with Crippen LogP contribution in [0.3, 0.4) is 0 Å². The van der Waals surface area contributed by atoms with Crippen molar-refractivity contribution >= 4 is 17.8 Å². The molecule has 2 saturated carbocycles. The Balaban J connectivity index is 1.14. The van der Waals surface area contributed by atoms with Gasteiger partial charge in [-0.3, -0.25) is 19.4 Å². The van der Waals surface area contributed by atoms with Gasteiger partial charge in [0.05, 0.1) is 11.8 Å². The highest BCUT2D eigenvalue weighted by Crippen LogP contribution is 2.56. The number of likely N-dealkylation sites (tertiary alicyclic amines) is 1. The number of fused-ring (bicyclic) bond motifs is 5. The Labute approximate surface area is 171 Å². The molecule has 2 amide bonds. The van der Waals surface area contributed by atoms with Gasteiger partial charge in [0.2, 0.25) is 17.8 Å². The van der Waals surface area contributed by atoms with E-state index in [1.54, 1.807) is 18.5 Å². The Kier molecular flexibility index (Phi) is 3.72. The van der Waals surface area contributed by atoms with Crippen molar-refractivity contribution in [1.82, 2.24) is 19.8 Å². The molecule has 3 heterocycles. The molecule has 2 unspecified atom stereocenters. The van der Waals surface area contributed by atoms with Gasteiger partial charge in [0.1, 0.15) is 0 Å². The average molecular weight is 388 g/mol. The van der Waals surface area contributed by atoms with Crippen LogP contribution in [-0.2, 0) is 9.59 Å². The Morgan fingerprint density at radius 3 is 2.29 bits per heavy atom. The molecule has 0 spiro atoms. The van der Waals surface area contributed by atoms with Gasteiger partial charge in [0.15, 0.2) is 0 Å². The summed E-state index contributed by atoms with van der Waals surface area (Å²) in [7, 11) is 0. The maximum Gasteiger partial charge on any atom is 0.233 e. The second-order valence-electron chi connectivity index (χ2n) is 8.11. The zero-order valence-electron chi connectivity index (χ0n) is 19.9. The SMILES string of the molecule is [2H]C1C([2H])[C@@H]2C[C@H]1[C@@H]1C(=O)N(CCCC([2H])([2H])N3CCN(c4ncccn4)CC3)C(=O)[C@@H]12. The van der Waals surface area contributed by atoms with Crippen molar-refractivity contribution in [2.24, 2.45) is 23.7 Å². The molecule has 4 fully saturated rings. The van der Waals surface area contributed by atoms with Crippen LogP contribution in [0, 0.1) is 23.7 Å². The quantitative estimate of drug-likeness (QED) is 0.688. The van der Waals surface area contributed by atoms with Gasteiger partial charge < -0.3 is 4.90 Å². The fraction of sp³-hybridized carbons (Fsp3) is 0.714. The molecule has 5 rings (SSSR count). The summed E-state index contributed by atoms with van der Waals surface area (Å²) in [5, 5.41) is 0. The van der Waals surface area contributed by atoms with Crippen molar-refractivity contribution in [2.75, 3.05) is 44.1 Å². The number of rotatable bonds is 6. The second kappa shape index (κ2) is 7.43. The Bertz CT molecular complexity index is 850. The van der Waals surface area contributed by atoms with E-state index in [0.717, 1.165) is 0 Å². The van der Waals surface area contributed by atoms with E-state index in [2.05, 4.69) is 9.97 Å². The summed E-state index contributed by atoms with van der Waals surface area (Å²) in [4.78, 5) is 39.5. The summed E-state index contributed by atoms with van der Waals surface area (Å²) in [6.45, 7) is 1.07. The Hall–Kier alpha value is -2.02. The van der Waals surface area contributed by atoms with Gasteiger partial charge >= 0.3 is 0 Å². The van der Waals surface area contributed by atoms with Crippen molar-refractivity contribution < 1.29 is 15.1 Å². The molecule has 6 atom stereocenters. The molecule has 150 valence electrons. The highest BCUT2D eigenvalue weighted by molar-refractivity contribution is 6.06. The van der Waals surface area contributed by atoms with E-state index in [9.17, 15) is 9.59 Å². The summed E-state index contributed by atoms with van der Waals surface area (Å²) >= 11 is 0. The van der Waals surface area contributed by atoms with Crippen LogP contribution in [0.1, 0.15) is 37.5 Å². The lowest BCUT2D eigenvalue weighted by atomic mass is 9.81. The van der Waals surface area contributed by atoms with Crippen molar-refractivity contribution in [1.29, 1.82) is 0 Å². The first-order valence-corrected chi connectivity index (χ1v) is 10.3. The fourth-order valence-electron chi connectivity index (χ4n) is 5.18. The van der Waals surface area contributed by atoms with Gasteiger partial charge in [-0.2, -0.15) is 0 Å². The summed E-state index contributed by atoms with van der Waals surface area (Å²) < 4.78 is 33.4. The number of carbonyl (C=O) groups excluding carboxylic acids is 2. The molecular weight excluding hydrogens is 354 g/mol. The van der Waals surface area contributed by atoms with E-state index in [0.29, 0.717) is 45.0 Å². The number of hydrogen-bond donors (Lipinski definition) is 0. The number of anilines is 1. The van der Waals surface area contributed by atoms with Crippen LogP contribution in [0.4, 0.5) is 5.95 Å². The molecule has 4 aliphatic rings. The van der Waals surface area contributed by atoms with Gasteiger partial charge in [-0.15, -0.1) is 0 Å². The third-order valence-electron chi connectivity index (χ3n) is 6.57. The molecule has 0 aromatic carbocycles. The number of piperazine rings is 1. The van der Waals surface area contributed by atoms with E-state index in [4.69, 9.17) is 5.48 Å². The van der Waals surface area contributed by atoms with Crippen molar-refractivity contribution in [3.63, 3.8) is 0 Å². The molecule has 0 radical (unpaired) electrons. The molecule has 28 heavy (non-hydrogen) atoms. The predicted octanol–water partition coefficient (Wildman–Crippen LogP) is 1.41. The van der Waals surface area contributed by atoms with E-state index in [1.807, 2.05) is 9.80 Å². The van der Waals surface area contributed by atoms with Gasteiger partial charge in [0.25, 0.3) is 0 Å². The van der Waals surface area contributed by atoms with E-state index < -0.39 is 31.1 Å². The van der Waals surface area contributed by atoms with Gasteiger partial charge in [-0.1, -0.05) is 0 Å². The first-order chi connectivity index (χ1) is 15.3. The molecule has 2 bridgehead atoms. The monoisotopic (exact) mass is 387 g/mol. The smallest absolute Gasteiger partial charge is 0.233 e. The summed E-state index contributed by atoms with van der Waals surface area (Å²) in [5.41, 5.74) is 0. The third kappa shape index (κ3) is 3.09. The minimum absolute atomic E-state index is 0.176. The molecule has 1 aromatic heterocycles. The molecule has 7 nitrogen and oxygen atoms in total. The number of carbonyl (C=O) groups is 2. The zero-order chi connectivity index (χ0) is 22.6. The van der Waals surface area contributed by atoms with Gasteiger partial charge in [-0.05, 0) is 56.5 Å². The van der Waals surface area contributed by atoms with Crippen LogP contribution in [0.15, 0.2) is 18.5 Å². The number of amides is 2. The molecule has 0 N–H and O–H groups in total. The minimum atomic E-state index is -1.52. The predicted molar refractivity (Wildman–Crippen MR) is 104 cm³/mol. The van der Waals surface area contributed by atoms with Gasteiger partial charge in [-0.25, -0.2) is 9.97 Å². The minimum Gasteiger partial charge on any atom is -0.338 e. The second-order valence-corrected chi connectivity index (χ2v) is 8.11. The highest BCUT2D eigenvalue weighted by Gasteiger charge is 2.60. The van der Waals surface area contributed by atoms with Crippen molar-refractivity contribution in [3.05, 3.63) is 18.5 Å². The Morgan fingerprint density at radius 1 is 1.00 bits per heavy atom. The average Bonchev–Trinajstić information content (AvgIpc) is 3.40. The topological polar surface area (TPSA) is 69.6 Å². The lowest BCUT2D eigenvalue weighted by Gasteiger charge is -2.34. The van der Waals surface area contributed by atoms with Crippen LogP contribution >= 0.6 is 0 Å². The molecule has 2 saturated heterocycles. The summed E-state index contributed by atoms with van der Waals surface area (Å²) in [6, 6.07) is 1.77. The zero-order valence-corrected chi connectivity index (χ0v) is 15.9. The largest absolute Gasteiger partial charge is 0.338 e. The van der Waals surface area contributed by atoms with Gasteiger partial charge in [0, 0.05) is 50.6 Å². The number of aromatic nitrogens is 2. The number of imide groups is 1. The van der Waals surface area contributed by atoms with Crippen LogP contribution in [-0.4, -0.2) is 70.8 Å². The molecule has 7 heteroatoms. The van der Waals surface area contributed by atoms with E-state index >= 15 is 0 Å². The van der Waals surface area contributed by atoms with E-state index in [1.165, 1.54) is 4.90 Å². The van der Waals surface area contributed by atoms with Crippen molar-refractivity contribution in [3.8, 4) is 0 Å². The standard InChI is InChI=1S/C21H29N5O2/c27-19-17-15-4-5-16(14-15)18(17)20(28)26(19)9-2-1-8-24-10-12-25(13-11-24)21-22-6-3-7-23-21/h3,6-7,15-18H,1-2,4-5,8-14H2/t15-,16+,17-,18+/i4D,5D,8D2/t4?,5?,15-,16+,17-,18+. The first kappa shape index (κ1) is 14.0. The normalized spacial score (nSPS) is 40.3. The van der Waals surface area contributed by atoms with E-state index in [-0.39, 0.29) is 36.6 Å². The molecule has 2 aliphatic heterocycles. The fourth-order valence-corrected chi connectivity index (χ4v) is 5.18. The van der Waals surface area contributed by atoms with Crippen LogP contribution in [0.25, 0.3) is 0 Å². The van der Waals surface area contributed by atoms with Crippen LogP contribution in [0.2, 0.25) is 0 Å². The lowest BCUT2D eigenvalue weighted by Crippen LogP contribution is -2.47. The highest BCUT2D eigenvalue weighted by atomic mass is 16.2. The van der Waals surface area contributed by atoms with Crippen LogP contribution < -0.4 is 4.90 Å². The number of hydrogen-bond acceptors (Lipinski definition) is 6. The first-order valence-electron chi connectivity index (χ1n) is 12.4. The molecular formula is C21H29N5O2. The molecule has 1 aromatic rings. The van der Waals surface area contributed by atoms with Crippen LogP contribution in [0.5, 0.6) is 0 Å². The number of nitrogens with zero attached hydrogens (tertiary/aromatic N) is 5. The lowest BCUT2D eigenvalue weighted by molar-refractivity contribution is -0.140. The maximum absolute atomic E-state index is 12.9. The Morgan fingerprint density at radius 2 is 1.64 bits per heavy atom. The molecule has 2 aliphatic carbocycles.